The molecule has 3 aromatic rings. The molecule has 3 rings (SSSR count). The molecular formula is C18H18FN3OS. The van der Waals surface area contributed by atoms with E-state index < -0.39 is 0 Å². The molecule has 1 amide bonds. The SMILES string of the molecule is CCCCc1ccc2c(N)c(C(=O)Nc3ccc(F)cc3)sc2n1. The van der Waals surface area contributed by atoms with Crippen LogP contribution in [-0.2, 0) is 6.42 Å². The van der Waals surface area contributed by atoms with Crippen LogP contribution in [0.15, 0.2) is 36.4 Å². The number of nitrogens with two attached hydrogens (primary N) is 1. The van der Waals surface area contributed by atoms with Gasteiger partial charge in [0.25, 0.3) is 5.91 Å². The molecule has 2 aromatic heterocycles. The van der Waals surface area contributed by atoms with E-state index in [0.717, 1.165) is 35.2 Å². The minimum Gasteiger partial charge on any atom is -0.397 e. The Morgan fingerprint density at radius 2 is 2.00 bits per heavy atom. The molecule has 0 fully saturated rings. The number of unbranched alkanes of at least 4 members (excludes halogenated alkanes) is 1. The van der Waals surface area contributed by atoms with E-state index in [1.165, 1.54) is 35.6 Å². The number of rotatable bonds is 5. The first kappa shape index (κ1) is 16.4. The Balaban J connectivity index is 1.86. The van der Waals surface area contributed by atoms with Gasteiger partial charge in [-0.3, -0.25) is 4.79 Å². The summed E-state index contributed by atoms with van der Waals surface area (Å²) in [5.74, 6) is -0.657. The van der Waals surface area contributed by atoms with Gasteiger partial charge in [0, 0.05) is 16.8 Å². The van der Waals surface area contributed by atoms with Gasteiger partial charge in [0.2, 0.25) is 0 Å². The highest BCUT2D eigenvalue weighted by Gasteiger charge is 2.17. The van der Waals surface area contributed by atoms with Crippen LogP contribution in [0.25, 0.3) is 10.2 Å². The molecule has 1 aromatic carbocycles. The molecule has 0 aliphatic heterocycles. The standard InChI is InChI=1S/C18H18FN3OS/c1-2-3-4-12-9-10-14-15(20)16(24-18(14)22-12)17(23)21-13-7-5-11(19)6-8-13/h5-10H,2-4,20H2,1H3,(H,21,23). The second-order valence-corrected chi connectivity index (χ2v) is 6.56. The molecule has 0 aliphatic carbocycles. The monoisotopic (exact) mass is 343 g/mol. The summed E-state index contributed by atoms with van der Waals surface area (Å²) in [5, 5.41) is 3.53. The molecule has 0 atom stereocenters. The number of hydrogen-bond donors (Lipinski definition) is 2. The summed E-state index contributed by atoms with van der Waals surface area (Å²) in [7, 11) is 0. The van der Waals surface area contributed by atoms with Crippen molar-refractivity contribution >= 4 is 38.8 Å². The molecule has 0 saturated heterocycles. The second-order valence-electron chi connectivity index (χ2n) is 5.56. The van der Waals surface area contributed by atoms with Crippen LogP contribution in [0.1, 0.15) is 35.1 Å². The number of halogens is 1. The third kappa shape index (κ3) is 3.38. The smallest absolute Gasteiger partial charge is 0.267 e. The van der Waals surface area contributed by atoms with Crippen LogP contribution in [0.4, 0.5) is 15.8 Å². The molecule has 3 N–H and O–H groups in total. The first-order valence-corrected chi connectivity index (χ1v) is 8.65. The molecule has 0 bridgehead atoms. The molecule has 0 spiro atoms. The van der Waals surface area contributed by atoms with Crippen molar-refractivity contribution in [3.05, 3.63) is 52.8 Å². The minimum absolute atomic E-state index is 0.308. The van der Waals surface area contributed by atoms with E-state index >= 15 is 0 Å². The molecule has 24 heavy (non-hydrogen) atoms. The fourth-order valence-electron chi connectivity index (χ4n) is 2.42. The minimum atomic E-state index is -0.349. The van der Waals surface area contributed by atoms with Crippen LogP contribution >= 0.6 is 11.3 Å². The third-order valence-electron chi connectivity index (χ3n) is 3.75. The van der Waals surface area contributed by atoms with Crippen LogP contribution in [0.5, 0.6) is 0 Å². The van der Waals surface area contributed by atoms with Gasteiger partial charge >= 0.3 is 0 Å². The summed E-state index contributed by atoms with van der Waals surface area (Å²) in [4.78, 5) is 18.2. The second kappa shape index (κ2) is 6.97. The fourth-order valence-corrected chi connectivity index (χ4v) is 3.43. The number of nitrogens with zero attached hydrogens (tertiary/aromatic N) is 1. The van der Waals surface area contributed by atoms with E-state index in [0.29, 0.717) is 16.3 Å². The van der Waals surface area contributed by atoms with E-state index in [1.54, 1.807) is 0 Å². The largest absolute Gasteiger partial charge is 0.397 e. The predicted octanol–water partition coefficient (Wildman–Crippen LogP) is 4.61. The molecule has 0 radical (unpaired) electrons. The maximum Gasteiger partial charge on any atom is 0.267 e. The number of aromatic nitrogens is 1. The number of amides is 1. The van der Waals surface area contributed by atoms with Crippen LogP contribution in [-0.4, -0.2) is 10.9 Å². The summed E-state index contributed by atoms with van der Waals surface area (Å²) in [6.07, 6.45) is 3.11. The Bertz CT molecular complexity index is 874. The lowest BCUT2D eigenvalue weighted by molar-refractivity contribution is 0.103. The summed E-state index contributed by atoms with van der Waals surface area (Å²) in [6, 6.07) is 9.50. The zero-order chi connectivity index (χ0) is 17.1. The zero-order valence-electron chi connectivity index (χ0n) is 13.3. The maximum atomic E-state index is 12.9. The number of pyridine rings is 1. The summed E-state index contributed by atoms with van der Waals surface area (Å²) < 4.78 is 12.9. The Morgan fingerprint density at radius 3 is 2.71 bits per heavy atom. The molecule has 4 nitrogen and oxygen atoms in total. The van der Waals surface area contributed by atoms with Gasteiger partial charge in [0.1, 0.15) is 15.5 Å². The van der Waals surface area contributed by atoms with Gasteiger partial charge in [-0.15, -0.1) is 11.3 Å². The third-order valence-corrected chi connectivity index (χ3v) is 4.86. The summed E-state index contributed by atoms with van der Waals surface area (Å²) in [6.45, 7) is 2.14. The quantitative estimate of drug-likeness (QED) is 0.711. The van der Waals surface area contributed by atoms with E-state index in [2.05, 4.69) is 17.2 Å². The van der Waals surface area contributed by atoms with E-state index in [1.807, 2.05) is 12.1 Å². The Kier molecular flexibility index (Phi) is 4.76. The maximum absolute atomic E-state index is 12.9. The van der Waals surface area contributed by atoms with Gasteiger partial charge in [-0.05, 0) is 49.2 Å². The summed E-state index contributed by atoms with van der Waals surface area (Å²) >= 11 is 1.28. The Morgan fingerprint density at radius 1 is 1.25 bits per heavy atom. The number of benzene rings is 1. The molecule has 124 valence electrons. The van der Waals surface area contributed by atoms with Crippen LogP contribution in [0.2, 0.25) is 0 Å². The lowest BCUT2D eigenvalue weighted by Crippen LogP contribution is -2.11. The number of hydrogen-bond acceptors (Lipinski definition) is 4. The van der Waals surface area contributed by atoms with Crippen molar-refractivity contribution in [2.75, 3.05) is 11.1 Å². The van der Waals surface area contributed by atoms with E-state index in [9.17, 15) is 9.18 Å². The Hall–Kier alpha value is -2.47. The number of nitrogens with one attached hydrogen (secondary N) is 1. The van der Waals surface area contributed by atoms with Crippen molar-refractivity contribution < 1.29 is 9.18 Å². The zero-order valence-corrected chi connectivity index (χ0v) is 14.1. The number of nitrogen functional groups attached to an aromatic ring is 1. The van der Waals surface area contributed by atoms with Gasteiger partial charge in [0.05, 0.1) is 5.69 Å². The normalized spacial score (nSPS) is 10.9. The van der Waals surface area contributed by atoms with Crippen LogP contribution in [0, 0.1) is 5.82 Å². The number of anilines is 2. The van der Waals surface area contributed by atoms with Crippen molar-refractivity contribution in [3.8, 4) is 0 Å². The number of thiophene rings is 1. The molecule has 0 aliphatic rings. The number of aryl methyl sites for hydroxylation is 1. The highest BCUT2D eigenvalue weighted by Crippen LogP contribution is 2.33. The lowest BCUT2D eigenvalue weighted by Gasteiger charge is -2.04. The number of carbonyl (C=O) groups is 1. The average molecular weight is 343 g/mol. The average Bonchev–Trinajstić information content (AvgIpc) is 2.91. The van der Waals surface area contributed by atoms with E-state index in [-0.39, 0.29) is 11.7 Å². The van der Waals surface area contributed by atoms with Crippen molar-refractivity contribution in [2.45, 2.75) is 26.2 Å². The van der Waals surface area contributed by atoms with Gasteiger partial charge in [-0.1, -0.05) is 13.3 Å². The highest BCUT2D eigenvalue weighted by molar-refractivity contribution is 7.21. The summed E-state index contributed by atoms with van der Waals surface area (Å²) in [5.41, 5.74) is 8.09. The van der Waals surface area contributed by atoms with Gasteiger partial charge in [-0.2, -0.15) is 0 Å². The van der Waals surface area contributed by atoms with Crippen molar-refractivity contribution in [1.29, 1.82) is 0 Å². The highest BCUT2D eigenvalue weighted by atomic mass is 32.1. The van der Waals surface area contributed by atoms with Crippen LogP contribution in [0.3, 0.4) is 0 Å². The van der Waals surface area contributed by atoms with Gasteiger partial charge in [0.15, 0.2) is 0 Å². The first-order chi connectivity index (χ1) is 11.6. The molecule has 0 unspecified atom stereocenters. The molecule has 6 heteroatoms. The molecule has 0 saturated carbocycles. The first-order valence-electron chi connectivity index (χ1n) is 7.83. The van der Waals surface area contributed by atoms with Crippen molar-refractivity contribution in [3.63, 3.8) is 0 Å². The predicted molar refractivity (Wildman–Crippen MR) is 97.0 cm³/mol. The van der Waals surface area contributed by atoms with Gasteiger partial charge < -0.3 is 11.1 Å². The van der Waals surface area contributed by atoms with Crippen LogP contribution < -0.4 is 11.1 Å². The van der Waals surface area contributed by atoms with E-state index in [4.69, 9.17) is 5.73 Å². The van der Waals surface area contributed by atoms with Crippen molar-refractivity contribution in [2.24, 2.45) is 0 Å². The van der Waals surface area contributed by atoms with Crippen molar-refractivity contribution in [1.82, 2.24) is 4.98 Å². The Labute approximate surface area is 143 Å². The fraction of sp³-hybridized carbons (Fsp3) is 0.222. The number of fused-ring (bicyclic) bond motifs is 1. The lowest BCUT2D eigenvalue weighted by atomic mass is 10.1. The molecular weight excluding hydrogens is 325 g/mol. The van der Waals surface area contributed by atoms with Gasteiger partial charge in [-0.25, -0.2) is 9.37 Å². The number of carbonyl (C=O) groups excluding carboxylic acids is 1. The topological polar surface area (TPSA) is 68.0 Å². The molecule has 2 heterocycles.